The van der Waals surface area contributed by atoms with Crippen LogP contribution in [0.2, 0.25) is 10.0 Å². The smallest absolute Gasteiger partial charge is 0.165 e. The molecule has 1 saturated carbocycles. The molecule has 2 aromatic heterocycles. The van der Waals surface area contributed by atoms with Crippen molar-refractivity contribution in [1.29, 1.82) is 0 Å². The summed E-state index contributed by atoms with van der Waals surface area (Å²) in [4.78, 5) is 12.0. The van der Waals surface area contributed by atoms with Gasteiger partial charge in [0.15, 0.2) is 5.65 Å². The molecule has 0 amide bonds. The molecule has 5 nitrogen and oxygen atoms in total. The van der Waals surface area contributed by atoms with E-state index >= 15 is 0 Å². The summed E-state index contributed by atoms with van der Waals surface area (Å²) < 4.78 is 7.51. The van der Waals surface area contributed by atoms with Crippen LogP contribution in [-0.4, -0.2) is 41.2 Å². The maximum Gasteiger partial charge on any atom is 0.165 e. The third kappa shape index (κ3) is 3.84. The molecule has 1 aromatic carbocycles. The maximum atomic E-state index is 6.46. The molecule has 1 aliphatic carbocycles. The van der Waals surface area contributed by atoms with Crippen LogP contribution in [0.25, 0.3) is 16.9 Å². The quantitative estimate of drug-likeness (QED) is 0.508. The first-order valence-electron chi connectivity index (χ1n) is 9.67. The van der Waals surface area contributed by atoms with E-state index in [1.54, 1.807) is 13.2 Å². The number of halogens is 2. The van der Waals surface area contributed by atoms with E-state index in [2.05, 4.69) is 21.2 Å². The second-order valence-electron chi connectivity index (χ2n) is 7.21. The highest BCUT2D eigenvalue weighted by molar-refractivity contribution is 6.36. The van der Waals surface area contributed by atoms with Gasteiger partial charge in [-0.1, -0.05) is 30.1 Å². The first-order valence-corrected chi connectivity index (χ1v) is 10.4. The Bertz CT molecular complexity index is 984. The fourth-order valence-electron chi connectivity index (χ4n) is 3.55. The summed E-state index contributed by atoms with van der Waals surface area (Å²) in [6.07, 6.45) is 7.24. The minimum atomic E-state index is 0.574. The molecule has 1 fully saturated rings. The topological polar surface area (TPSA) is 42.7 Å². The Labute approximate surface area is 175 Å². The molecule has 0 saturated heterocycles. The van der Waals surface area contributed by atoms with Crippen molar-refractivity contribution >= 4 is 34.7 Å². The van der Waals surface area contributed by atoms with Gasteiger partial charge in [0.1, 0.15) is 11.5 Å². The molecule has 0 atom stereocenters. The third-order valence-electron chi connectivity index (χ3n) is 5.15. The Morgan fingerprint density at radius 1 is 1.29 bits per heavy atom. The van der Waals surface area contributed by atoms with Crippen LogP contribution in [0.4, 0.5) is 5.82 Å². The van der Waals surface area contributed by atoms with Crippen molar-refractivity contribution in [3.8, 4) is 11.3 Å². The van der Waals surface area contributed by atoms with Gasteiger partial charge in [-0.05, 0) is 43.4 Å². The molecular weight excluding hydrogens is 395 g/mol. The summed E-state index contributed by atoms with van der Waals surface area (Å²) in [7, 11) is 1.75. The molecular formula is C21H24Cl2N4O. The highest BCUT2D eigenvalue weighted by atomic mass is 35.5. The zero-order chi connectivity index (χ0) is 19.7. The first-order chi connectivity index (χ1) is 13.6. The van der Waals surface area contributed by atoms with E-state index in [0.29, 0.717) is 16.7 Å². The van der Waals surface area contributed by atoms with Gasteiger partial charge < -0.3 is 9.64 Å². The van der Waals surface area contributed by atoms with E-state index in [9.17, 15) is 0 Å². The van der Waals surface area contributed by atoms with Crippen LogP contribution in [0.1, 0.15) is 25.5 Å². The van der Waals surface area contributed by atoms with Gasteiger partial charge in [-0.15, -0.1) is 0 Å². The van der Waals surface area contributed by atoms with Crippen molar-refractivity contribution in [2.75, 3.05) is 31.7 Å². The molecule has 4 rings (SSSR count). The SMILES string of the molecule is CCc1nc2c(-c3ccc(Cl)cc3Cl)nccn2c1N(CCOC)CC1CC1. The molecule has 2 heterocycles. The number of ether oxygens (including phenoxy) is 1. The van der Waals surface area contributed by atoms with Gasteiger partial charge in [0.2, 0.25) is 0 Å². The van der Waals surface area contributed by atoms with Crippen LogP contribution in [0, 0.1) is 5.92 Å². The van der Waals surface area contributed by atoms with E-state index in [0.717, 1.165) is 53.8 Å². The lowest BCUT2D eigenvalue weighted by Gasteiger charge is -2.25. The molecule has 0 unspecified atom stereocenters. The molecule has 0 bridgehead atoms. The number of hydrogen-bond acceptors (Lipinski definition) is 4. The number of aromatic nitrogens is 3. The molecule has 0 spiro atoms. The van der Waals surface area contributed by atoms with Crippen LogP contribution >= 0.6 is 23.2 Å². The summed E-state index contributed by atoms with van der Waals surface area (Å²) in [5, 5.41) is 1.18. The second kappa shape index (κ2) is 8.27. The molecule has 7 heteroatoms. The van der Waals surface area contributed by atoms with Crippen LogP contribution in [-0.2, 0) is 11.2 Å². The molecule has 0 N–H and O–H groups in total. The Morgan fingerprint density at radius 3 is 2.79 bits per heavy atom. The lowest BCUT2D eigenvalue weighted by molar-refractivity contribution is 0.204. The molecule has 3 aromatic rings. The second-order valence-corrected chi connectivity index (χ2v) is 8.06. The standard InChI is InChI=1S/C21H24Cl2N4O/c1-3-18-21(26(10-11-28-2)13-14-4-5-14)27-9-8-24-19(20(27)25-18)16-7-6-15(22)12-17(16)23/h6-9,12,14H,3-5,10-11,13H2,1-2H3. The van der Waals surface area contributed by atoms with Crippen molar-refractivity contribution in [2.45, 2.75) is 26.2 Å². The largest absolute Gasteiger partial charge is 0.383 e. The summed E-state index contributed by atoms with van der Waals surface area (Å²) in [6, 6.07) is 5.47. The number of methoxy groups -OCH3 is 1. The van der Waals surface area contributed by atoms with Crippen molar-refractivity contribution in [2.24, 2.45) is 5.92 Å². The van der Waals surface area contributed by atoms with E-state index in [4.69, 9.17) is 32.9 Å². The Hall–Kier alpha value is -1.82. The van der Waals surface area contributed by atoms with Crippen molar-refractivity contribution < 1.29 is 4.74 Å². The Balaban J connectivity index is 1.85. The Morgan fingerprint density at radius 2 is 2.11 bits per heavy atom. The zero-order valence-corrected chi connectivity index (χ0v) is 17.7. The first kappa shape index (κ1) is 19.5. The number of fused-ring (bicyclic) bond motifs is 1. The van der Waals surface area contributed by atoms with Crippen LogP contribution in [0.5, 0.6) is 0 Å². The lowest BCUT2D eigenvalue weighted by Crippen LogP contribution is -2.31. The minimum Gasteiger partial charge on any atom is -0.383 e. The minimum absolute atomic E-state index is 0.574. The number of aryl methyl sites for hydroxylation is 1. The molecule has 0 aliphatic heterocycles. The van der Waals surface area contributed by atoms with Gasteiger partial charge >= 0.3 is 0 Å². The van der Waals surface area contributed by atoms with Crippen LogP contribution < -0.4 is 4.90 Å². The third-order valence-corrected chi connectivity index (χ3v) is 5.70. The van der Waals surface area contributed by atoms with Crippen molar-refractivity contribution in [3.63, 3.8) is 0 Å². The van der Waals surface area contributed by atoms with E-state index in [1.165, 1.54) is 12.8 Å². The van der Waals surface area contributed by atoms with Gasteiger partial charge in [-0.25, -0.2) is 4.98 Å². The van der Waals surface area contributed by atoms with E-state index in [-0.39, 0.29) is 0 Å². The number of hydrogen-bond donors (Lipinski definition) is 0. The molecule has 0 radical (unpaired) electrons. The number of imidazole rings is 1. The van der Waals surface area contributed by atoms with Crippen LogP contribution in [0.3, 0.4) is 0 Å². The van der Waals surface area contributed by atoms with Gasteiger partial charge in [0, 0.05) is 43.2 Å². The fraction of sp³-hybridized carbons (Fsp3) is 0.429. The van der Waals surface area contributed by atoms with Gasteiger partial charge in [0.05, 0.1) is 17.3 Å². The van der Waals surface area contributed by atoms with Gasteiger partial charge in [-0.3, -0.25) is 9.38 Å². The summed E-state index contributed by atoms with van der Waals surface area (Å²) in [5.41, 5.74) is 3.48. The predicted octanol–water partition coefficient (Wildman–Crippen LogP) is 5.13. The predicted molar refractivity (Wildman–Crippen MR) is 115 cm³/mol. The average Bonchev–Trinajstić information content (AvgIpc) is 3.42. The fourth-order valence-corrected chi connectivity index (χ4v) is 4.05. The van der Waals surface area contributed by atoms with E-state index in [1.807, 2.05) is 24.5 Å². The summed E-state index contributed by atoms with van der Waals surface area (Å²) >= 11 is 12.5. The lowest BCUT2D eigenvalue weighted by atomic mass is 10.1. The average molecular weight is 419 g/mol. The summed E-state index contributed by atoms with van der Waals surface area (Å²) in [5.74, 6) is 1.90. The summed E-state index contributed by atoms with van der Waals surface area (Å²) in [6.45, 7) is 4.69. The van der Waals surface area contributed by atoms with Crippen molar-refractivity contribution in [1.82, 2.24) is 14.4 Å². The number of rotatable bonds is 8. The highest BCUT2D eigenvalue weighted by Crippen LogP contribution is 2.36. The highest BCUT2D eigenvalue weighted by Gasteiger charge is 2.28. The number of anilines is 1. The molecule has 28 heavy (non-hydrogen) atoms. The van der Waals surface area contributed by atoms with Gasteiger partial charge in [0.25, 0.3) is 0 Å². The van der Waals surface area contributed by atoms with Crippen LogP contribution in [0.15, 0.2) is 30.6 Å². The van der Waals surface area contributed by atoms with E-state index < -0.39 is 0 Å². The molecule has 148 valence electrons. The monoisotopic (exact) mass is 418 g/mol. The van der Waals surface area contributed by atoms with Crippen molar-refractivity contribution in [3.05, 3.63) is 46.3 Å². The maximum absolute atomic E-state index is 6.46. The molecule has 1 aliphatic rings. The van der Waals surface area contributed by atoms with Gasteiger partial charge in [-0.2, -0.15) is 0 Å². The zero-order valence-electron chi connectivity index (χ0n) is 16.2. The Kier molecular flexibility index (Phi) is 5.76. The normalized spacial score (nSPS) is 14.0. The number of nitrogens with zero attached hydrogens (tertiary/aromatic N) is 4. The number of benzene rings is 1.